The van der Waals surface area contributed by atoms with Crippen molar-refractivity contribution >= 4 is 18.0 Å². The van der Waals surface area contributed by atoms with Crippen LogP contribution in [0.1, 0.15) is 12.5 Å². The number of carbonyl (C=O) groups excluding carboxylic acids is 1. The molecule has 0 aliphatic rings. The number of benzene rings is 1. The number of rotatable bonds is 5. The van der Waals surface area contributed by atoms with E-state index in [-0.39, 0.29) is 5.57 Å². The summed E-state index contributed by atoms with van der Waals surface area (Å²) in [5.74, 6) is -2.07. The second kappa shape index (κ2) is 6.58. The molecule has 1 N–H and O–H groups in total. The molecule has 0 saturated heterocycles. The van der Waals surface area contributed by atoms with Crippen molar-refractivity contribution in [3.63, 3.8) is 0 Å². The number of para-hydroxylation sites is 1. The molecule has 0 bridgehead atoms. The maximum Gasteiger partial charge on any atom is 0.332 e. The van der Waals surface area contributed by atoms with Gasteiger partial charge >= 0.3 is 11.9 Å². The average Bonchev–Trinajstić information content (AvgIpc) is 2.43. The van der Waals surface area contributed by atoms with Crippen molar-refractivity contribution in [1.82, 2.24) is 0 Å². The van der Waals surface area contributed by atoms with E-state index in [4.69, 9.17) is 4.74 Å². The fourth-order valence-corrected chi connectivity index (χ4v) is 1.63. The number of hydrogen-bond acceptors (Lipinski definition) is 4. The largest absolute Gasteiger partial charge is 0.496 e. The molecule has 1 rings (SSSR count). The van der Waals surface area contributed by atoms with E-state index in [0.717, 1.165) is 0 Å². The van der Waals surface area contributed by atoms with Crippen molar-refractivity contribution in [2.24, 2.45) is 5.92 Å². The molecule has 1 atom stereocenters. The van der Waals surface area contributed by atoms with Gasteiger partial charge in [-0.1, -0.05) is 18.2 Å². The van der Waals surface area contributed by atoms with Crippen LogP contribution in [0.3, 0.4) is 0 Å². The molecule has 0 aliphatic carbocycles. The molecule has 0 aromatic heterocycles. The number of esters is 1. The summed E-state index contributed by atoms with van der Waals surface area (Å²) < 4.78 is 9.70. The van der Waals surface area contributed by atoms with Crippen molar-refractivity contribution in [1.29, 1.82) is 0 Å². The lowest BCUT2D eigenvalue weighted by molar-refractivity contribution is -0.146. The van der Waals surface area contributed by atoms with Crippen molar-refractivity contribution < 1.29 is 24.2 Å². The Morgan fingerprint density at radius 2 is 1.89 bits per heavy atom. The Kier molecular flexibility index (Phi) is 5.11. The SMILES string of the molecule is COC(=O)C(C)C(=Cc1ccccc1OC)C(=O)O. The van der Waals surface area contributed by atoms with Gasteiger partial charge in [0.1, 0.15) is 5.75 Å². The lowest BCUT2D eigenvalue weighted by Gasteiger charge is -2.11. The Bertz CT molecular complexity index is 504. The van der Waals surface area contributed by atoms with Gasteiger partial charge in [-0.15, -0.1) is 0 Å². The Morgan fingerprint density at radius 3 is 2.42 bits per heavy atom. The highest BCUT2D eigenvalue weighted by atomic mass is 16.5. The highest BCUT2D eigenvalue weighted by molar-refractivity contribution is 5.98. The topological polar surface area (TPSA) is 72.8 Å². The molecular formula is C14H16O5. The smallest absolute Gasteiger partial charge is 0.332 e. The van der Waals surface area contributed by atoms with Crippen LogP contribution in [0.4, 0.5) is 0 Å². The van der Waals surface area contributed by atoms with E-state index in [2.05, 4.69) is 4.74 Å². The van der Waals surface area contributed by atoms with Crippen LogP contribution in [0, 0.1) is 5.92 Å². The first-order valence-corrected chi connectivity index (χ1v) is 5.67. The highest BCUT2D eigenvalue weighted by Gasteiger charge is 2.24. The average molecular weight is 264 g/mol. The Hall–Kier alpha value is -2.30. The molecule has 102 valence electrons. The number of hydrogen-bond donors (Lipinski definition) is 1. The number of aliphatic carboxylic acids is 1. The van der Waals surface area contributed by atoms with Gasteiger partial charge < -0.3 is 14.6 Å². The third-order valence-electron chi connectivity index (χ3n) is 2.72. The minimum Gasteiger partial charge on any atom is -0.496 e. The highest BCUT2D eigenvalue weighted by Crippen LogP contribution is 2.23. The molecule has 1 unspecified atom stereocenters. The van der Waals surface area contributed by atoms with E-state index < -0.39 is 17.9 Å². The molecule has 0 radical (unpaired) electrons. The predicted molar refractivity (Wildman–Crippen MR) is 69.8 cm³/mol. The number of carboxylic acid groups (broad SMARTS) is 1. The summed E-state index contributed by atoms with van der Waals surface area (Å²) in [5.41, 5.74) is 0.550. The van der Waals surface area contributed by atoms with Gasteiger partial charge in [0.15, 0.2) is 0 Å². The van der Waals surface area contributed by atoms with Crippen LogP contribution >= 0.6 is 0 Å². The molecule has 1 aromatic rings. The first-order chi connectivity index (χ1) is 9.01. The van der Waals surface area contributed by atoms with Gasteiger partial charge in [0.25, 0.3) is 0 Å². The number of methoxy groups -OCH3 is 2. The van der Waals surface area contributed by atoms with E-state index in [1.165, 1.54) is 27.2 Å². The van der Waals surface area contributed by atoms with Crippen LogP contribution < -0.4 is 4.74 Å². The van der Waals surface area contributed by atoms with Crippen LogP contribution in [0.2, 0.25) is 0 Å². The molecule has 5 heteroatoms. The van der Waals surface area contributed by atoms with Crippen molar-refractivity contribution in [2.75, 3.05) is 14.2 Å². The first-order valence-electron chi connectivity index (χ1n) is 5.67. The lowest BCUT2D eigenvalue weighted by atomic mass is 9.98. The fourth-order valence-electron chi connectivity index (χ4n) is 1.63. The fraction of sp³-hybridized carbons (Fsp3) is 0.286. The van der Waals surface area contributed by atoms with Gasteiger partial charge in [-0.3, -0.25) is 4.79 Å². The van der Waals surface area contributed by atoms with E-state index in [0.29, 0.717) is 11.3 Å². The predicted octanol–water partition coefficient (Wildman–Crippen LogP) is 1.97. The molecule has 0 amide bonds. The summed E-state index contributed by atoms with van der Waals surface area (Å²) in [5, 5.41) is 9.20. The van der Waals surface area contributed by atoms with Crippen LogP contribution in [0.5, 0.6) is 5.75 Å². The van der Waals surface area contributed by atoms with Crippen molar-refractivity contribution in [3.05, 3.63) is 35.4 Å². The first kappa shape index (κ1) is 14.8. The normalized spacial score (nSPS) is 12.7. The summed E-state index contributed by atoms with van der Waals surface area (Å²) in [6, 6.07) is 6.97. The lowest BCUT2D eigenvalue weighted by Crippen LogP contribution is -2.20. The van der Waals surface area contributed by atoms with Gasteiger partial charge in [0.2, 0.25) is 0 Å². The van der Waals surface area contributed by atoms with E-state index in [9.17, 15) is 14.7 Å². The van der Waals surface area contributed by atoms with Gasteiger partial charge in [0.05, 0.1) is 25.7 Å². The Morgan fingerprint density at radius 1 is 1.26 bits per heavy atom. The second-order valence-corrected chi connectivity index (χ2v) is 3.89. The van der Waals surface area contributed by atoms with Gasteiger partial charge in [0, 0.05) is 5.56 Å². The third kappa shape index (κ3) is 3.58. The van der Waals surface area contributed by atoms with Gasteiger partial charge in [-0.05, 0) is 19.1 Å². The summed E-state index contributed by atoms with van der Waals surface area (Å²) in [7, 11) is 2.72. The number of carbonyl (C=O) groups is 2. The molecule has 0 saturated carbocycles. The van der Waals surface area contributed by atoms with Crippen LogP contribution in [-0.4, -0.2) is 31.3 Å². The summed E-state index contributed by atoms with van der Waals surface area (Å²) in [6.45, 7) is 1.49. The quantitative estimate of drug-likeness (QED) is 0.650. The minimum atomic E-state index is -1.16. The monoisotopic (exact) mass is 264 g/mol. The molecule has 1 aromatic carbocycles. The zero-order valence-corrected chi connectivity index (χ0v) is 11.0. The van der Waals surface area contributed by atoms with Crippen LogP contribution in [0.15, 0.2) is 29.8 Å². The van der Waals surface area contributed by atoms with Gasteiger partial charge in [-0.2, -0.15) is 0 Å². The molecular weight excluding hydrogens is 248 g/mol. The second-order valence-electron chi connectivity index (χ2n) is 3.89. The Balaban J connectivity index is 3.22. The zero-order valence-electron chi connectivity index (χ0n) is 11.0. The number of carboxylic acids is 1. The molecule has 0 aliphatic heterocycles. The van der Waals surface area contributed by atoms with E-state index in [1.54, 1.807) is 24.3 Å². The Labute approximate surface area is 111 Å². The number of ether oxygens (including phenoxy) is 2. The summed E-state index contributed by atoms with van der Waals surface area (Å²) in [4.78, 5) is 22.7. The van der Waals surface area contributed by atoms with Gasteiger partial charge in [-0.25, -0.2) is 4.79 Å². The summed E-state index contributed by atoms with van der Waals surface area (Å²) >= 11 is 0. The zero-order chi connectivity index (χ0) is 14.4. The molecule has 19 heavy (non-hydrogen) atoms. The van der Waals surface area contributed by atoms with Crippen molar-refractivity contribution in [2.45, 2.75) is 6.92 Å². The van der Waals surface area contributed by atoms with Crippen molar-refractivity contribution in [3.8, 4) is 5.75 Å². The minimum absolute atomic E-state index is 0.0450. The van der Waals surface area contributed by atoms with Crippen LogP contribution in [0.25, 0.3) is 6.08 Å². The molecule has 0 heterocycles. The maximum atomic E-state index is 11.4. The van der Waals surface area contributed by atoms with Crippen LogP contribution in [-0.2, 0) is 14.3 Å². The standard InChI is InChI=1S/C14H16O5/c1-9(14(17)19-3)11(13(15)16)8-10-6-4-5-7-12(10)18-2/h4-9H,1-3H3,(H,15,16). The van der Waals surface area contributed by atoms with E-state index in [1.807, 2.05) is 0 Å². The maximum absolute atomic E-state index is 11.4. The molecule has 5 nitrogen and oxygen atoms in total. The summed E-state index contributed by atoms with van der Waals surface area (Å²) in [6.07, 6.45) is 1.42. The molecule has 0 spiro atoms. The van der Waals surface area contributed by atoms with E-state index >= 15 is 0 Å². The molecule has 0 fully saturated rings. The third-order valence-corrected chi connectivity index (χ3v) is 2.72.